The molecule has 0 aliphatic heterocycles. The highest BCUT2D eigenvalue weighted by Crippen LogP contribution is 2.18. The van der Waals surface area contributed by atoms with Crippen LogP contribution in [-0.2, 0) is 11.3 Å². The number of carbonyl (C=O) groups is 1. The topological polar surface area (TPSA) is 70.4 Å². The average molecular weight is 393 g/mol. The van der Waals surface area contributed by atoms with Gasteiger partial charge in [0.2, 0.25) is 5.91 Å². The summed E-state index contributed by atoms with van der Waals surface area (Å²) in [6, 6.07) is 9.36. The van der Waals surface area contributed by atoms with Gasteiger partial charge < -0.3 is 10.4 Å². The number of rotatable bonds is 9. The molecule has 1 aromatic carbocycles. The van der Waals surface area contributed by atoms with Crippen LogP contribution in [0.2, 0.25) is 5.02 Å². The number of hydrogen-bond donors (Lipinski definition) is 2. The van der Waals surface area contributed by atoms with E-state index in [1.54, 1.807) is 16.9 Å². The Labute approximate surface area is 166 Å². The fourth-order valence-corrected chi connectivity index (χ4v) is 3.11. The minimum Gasteiger partial charge on any atom is -0.396 e. The van der Waals surface area contributed by atoms with Crippen LogP contribution in [0.25, 0.3) is 0 Å². The molecule has 1 amide bonds. The van der Waals surface area contributed by atoms with Crippen molar-refractivity contribution in [3.05, 3.63) is 47.1 Å². The first-order valence-corrected chi connectivity index (χ1v) is 9.54. The molecule has 0 spiro atoms. The van der Waals surface area contributed by atoms with Crippen molar-refractivity contribution in [2.24, 2.45) is 5.41 Å². The first kappa shape index (κ1) is 21.4. The molecule has 0 radical (unpaired) electrons. The number of benzene rings is 1. The summed E-state index contributed by atoms with van der Waals surface area (Å²) in [4.78, 5) is 14.6. The van der Waals surface area contributed by atoms with Gasteiger partial charge >= 0.3 is 0 Å². The van der Waals surface area contributed by atoms with Crippen LogP contribution in [0.4, 0.5) is 5.82 Å². The van der Waals surface area contributed by atoms with Gasteiger partial charge in [0, 0.05) is 30.8 Å². The van der Waals surface area contributed by atoms with E-state index in [0.717, 1.165) is 12.1 Å². The van der Waals surface area contributed by atoms with Crippen LogP contribution in [0.3, 0.4) is 0 Å². The van der Waals surface area contributed by atoms with Crippen LogP contribution < -0.4 is 5.32 Å². The molecule has 0 saturated heterocycles. The van der Waals surface area contributed by atoms with E-state index in [1.165, 1.54) is 0 Å². The third-order valence-electron chi connectivity index (χ3n) is 3.96. The number of amides is 1. The molecule has 0 unspecified atom stereocenters. The lowest BCUT2D eigenvalue weighted by molar-refractivity contribution is -0.117. The van der Waals surface area contributed by atoms with Gasteiger partial charge in [-0.05, 0) is 23.5 Å². The number of aliphatic hydroxyl groups excluding tert-OH is 1. The van der Waals surface area contributed by atoms with Crippen LogP contribution in [0, 0.1) is 5.41 Å². The molecular weight excluding hydrogens is 364 g/mol. The molecule has 6 nitrogen and oxygen atoms in total. The van der Waals surface area contributed by atoms with E-state index in [9.17, 15) is 4.79 Å². The first-order chi connectivity index (χ1) is 12.8. The molecule has 27 heavy (non-hydrogen) atoms. The van der Waals surface area contributed by atoms with Gasteiger partial charge in [-0.15, -0.1) is 0 Å². The summed E-state index contributed by atoms with van der Waals surface area (Å²) in [5, 5.41) is 17.0. The Balaban J connectivity index is 2.00. The van der Waals surface area contributed by atoms with Crippen molar-refractivity contribution in [1.82, 2.24) is 14.7 Å². The number of nitrogens with one attached hydrogen (secondary N) is 1. The van der Waals surface area contributed by atoms with E-state index in [1.807, 2.05) is 24.3 Å². The highest BCUT2D eigenvalue weighted by atomic mass is 35.5. The molecular formula is C20H29ClN4O2. The lowest BCUT2D eigenvalue weighted by Gasteiger charge is -2.29. The molecule has 0 aliphatic carbocycles. The molecule has 1 heterocycles. The van der Waals surface area contributed by atoms with E-state index in [4.69, 9.17) is 16.7 Å². The second-order valence-electron chi connectivity index (χ2n) is 7.86. The third kappa shape index (κ3) is 7.33. The summed E-state index contributed by atoms with van der Waals surface area (Å²) in [7, 11) is 0. The SMILES string of the molecule is CC(C)(C)CN(CCCO)CC(=O)Nc1ccnn1Cc1ccccc1Cl. The monoisotopic (exact) mass is 392 g/mol. The maximum Gasteiger partial charge on any atom is 0.239 e. The second-order valence-corrected chi connectivity index (χ2v) is 8.27. The molecule has 0 saturated carbocycles. The highest BCUT2D eigenvalue weighted by molar-refractivity contribution is 6.31. The van der Waals surface area contributed by atoms with Gasteiger partial charge in [0.1, 0.15) is 5.82 Å². The number of halogens is 1. The Bertz CT molecular complexity index is 740. The summed E-state index contributed by atoms with van der Waals surface area (Å²) in [6.45, 7) is 8.74. The summed E-state index contributed by atoms with van der Waals surface area (Å²) in [5.41, 5.74) is 1.01. The zero-order valence-electron chi connectivity index (χ0n) is 16.3. The van der Waals surface area contributed by atoms with E-state index < -0.39 is 0 Å². The van der Waals surface area contributed by atoms with Crippen molar-refractivity contribution in [1.29, 1.82) is 0 Å². The Kier molecular flexibility index (Phi) is 7.83. The van der Waals surface area contributed by atoms with E-state index in [-0.39, 0.29) is 24.5 Å². The fourth-order valence-electron chi connectivity index (χ4n) is 2.92. The second kappa shape index (κ2) is 9.88. The van der Waals surface area contributed by atoms with Crippen molar-refractivity contribution in [3.63, 3.8) is 0 Å². The quantitative estimate of drug-likeness (QED) is 0.687. The lowest BCUT2D eigenvalue weighted by Crippen LogP contribution is -2.39. The van der Waals surface area contributed by atoms with Crippen molar-refractivity contribution >= 4 is 23.3 Å². The average Bonchev–Trinajstić information content (AvgIpc) is 3.00. The molecule has 2 aromatic rings. The lowest BCUT2D eigenvalue weighted by atomic mass is 9.96. The first-order valence-electron chi connectivity index (χ1n) is 9.17. The summed E-state index contributed by atoms with van der Waals surface area (Å²) < 4.78 is 1.72. The predicted octanol–water partition coefficient (Wildman–Crippen LogP) is 3.25. The minimum atomic E-state index is -0.0990. The Morgan fingerprint density at radius 3 is 2.70 bits per heavy atom. The smallest absolute Gasteiger partial charge is 0.239 e. The van der Waals surface area contributed by atoms with Crippen LogP contribution in [0.1, 0.15) is 32.8 Å². The Morgan fingerprint density at radius 1 is 1.30 bits per heavy atom. The van der Waals surface area contributed by atoms with Gasteiger partial charge in [0.15, 0.2) is 0 Å². The molecule has 2 rings (SSSR count). The number of anilines is 1. The maximum atomic E-state index is 12.6. The predicted molar refractivity (Wildman–Crippen MR) is 109 cm³/mol. The number of aliphatic hydroxyl groups is 1. The van der Waals surface area contributed by atoms with Crippen molar-refractivity contribution in [2.45, 2.75) is 33.7 Å². The minimum absolute atomic E-state index is 0.0710. The summed E-state index contributed by atoms with van der Waals surface area (Å²) in [6.07, 6.45) is 2.30. The zero-order valence-corrected chi connectivity index (χ0v) is 17.0. The van der Waals surface area contributed by atoms with E-state index in [2.05, 4.69) is 36.1 Å². The van der Waals surface area contributed by atoms with Gasteiger partial charge in [0.05, 0.1) is 19.3 Å². The van der Waals surface area contributed by atoms with Gasteiger partial charge in [-0.3, -0.25) is 9.69 Å². The third-order valence-corrected chi connectivity index (χ3v) is 4.33. The molecule has 0 bridgehead atoms. The van der Waals surface area contributed by atoms with Crippen LogP contribution in [0.15, 0.2) is 36.5 Å². The van der Waals surface area contributed by atoms with Crippen LogP contribution in [-0.4, -0.2) is 51.9 Å². The van der Waals surface area contributed by atoms with Gasteiger partial charge in [-0.25, -0.2) is 4.68 Å². The zero-order chi connectivity index (χ0) is 19.9. The molecule has 0 aliphatic rings. The van der Waals surface area contributed by atoms with Crippen molar-refractivity contribution in [2.75, 3.05) is 31.6 Å². The van der Waals surface area contributed by atoms with E-state index in [0.29, 0.717) is 30.4 Å². The standard InChI is InChI=1S/C20H29ClN4O2/c1-20(2,3)15-24(11-6-12-26)14-19(27)23-18-9-10-22-25(18)13-16-7-4-5-8-17(16)21/h4-5,7-10,26H,6,11-15H2,1-3H3,(H,23,27). The van der Waals surface area contributed by atoms with Gasteiger partial charge in [-0.1, -0.05) is 50.6 Å². The van der Waals surface area contributed by atoms with Crippen LogP contribution >= 0.6 is 11.6 Å². The number of nitrogens with zero attached hydrogens (tertiary/aromatic N) is 3. The van der Waals surface area contributed by atoms with Crippen molar-refractivity contribution < 1.29 is 9.90 Å². The molecule has 0 atom stereocenters. The number of aromatic nitrogens is 2. The van der Waals surface area contributed by atoms with E-state index >= 15 is 0 Å². The Hall–Kier alpha value is -1.89. The van der Waals surface area contributed by atoms with Crippen molar-refractivity contribution in [3.8, 4) is 0 Å². The maximum absolute atomic E-state index is 12.6. The normalized spacial score (nSPS) is 11.8. The van der Waals surface area contributed by atoms with Gasteiger partial charge in [0.25, 0.3) is 0 Å². The highest BCUT2D eigenvalue weighted by Gasteiger charge is 2.19. The van der Waals surface area contributed by atoms with Crippen LogP contribution in [0.5, 0.6) is 0 Å². The largest absolute Gasteiger partial charge is 0.396 e. The molecule has 0 fully saturated rings. The molecule has 7 heteroatoms. The van der Waals surface area contributed by atoms with Gasteiger partial charge in [-0.2, -0.15) is 5.10 Å². The molecule has 2 N–H and O–H groups in total. The summed E-state index contributed by atoms with van der Waals surface area (Å²) in [5.74, 6) is 0.538. The summed E-state index contributed by atoms with van der Waals surface area (Å²) >= 11 is 6.22. The fraction of sp³-hybridized carbons (Fsp3) is 0.500. The number of carbonyl (C=O) groups excluding carboxylic acids is 1. The Morgan fingerprint density at radius 2 is 2.04 bits per heavy atom. The number of hydrogen-bond acceptors (Lipinski definition) is 4. The molecule has 1 aromatic heterocycles. The molecule has 148 valence electrons.